The van der Waals surface area contributed by atoms with Gasteiger partial charge in [0.2, 0.25) is 0 Å². The van der Waals surface area contributed by atoms with Crippen LogP contribution in [0.15, 0.2) is 12.2 Å². The van der Waals surface area contributed by atoms with Crippen LogP contribution >= 0.6 is 0 Å². The van der Waals surface area contributed by atoms with E-state index in [0.29, 0.717) is 12.0 Å². The highest BCUT2D eigenvalue weighted by Gasteiger charge is 2.28. The molecule has 1 aliphatic heterocycles. The Balaban J connectivity index is 2.33. The van der Waals surface area contributed by atoms with Crippen LogP contribution in [0.3, 0.4) is 0 Å². The smallest absolute Gasteiger partial charge is 0.0203 e. The fraction of sp³-hybridized carbons (Fsp3) is 0.800. The van der Waals surface area contributed by atoms with E-state index in [9.17, 15) is 0 Å². The maximum Gasteiger partial charge on any atom is 0.0203 e. The second-order valence-electron chi connectivity index (χ2n) is 4.58. The van der Waals surface area contributed by atoms with Gasteiger partial charge in [0.25, 0.3) is 0 Å². The molecule has 1 rings (SSSR count). The minimum absolute atomic E-state index is 0.495. The lowest BCUT2D eigenvalue weighted by atomic mass is 9.93. The summed E-state index contributed by atoms with van der Waals surface area (Å²) in [5.41, 5.74) is 7.13. The van der Waals surface area contributed by atoms with Crippen LogP contribution in [0, 0.1) is 5.41 Å². The third kappa shape index (κ3) is 2.61. The Morgan fingerprint density at radius 3 is 2.67 bits per heavy atom. The Morgan fingerprint density at radius 2 is 2.25 bits per heavy atom. The fourth-order valence-corrected chi connectivity index (χ4v) is 1.74. The van der Waals surface area contributed by atoms with Crippen LogP contribution < -0.4 is 5.73 Å². The van der Waals surface area contributed by atoms with Crippen LogP contribution in [0.4, 0.5) is 0 Å². The van der Waals surface area contributed by atoms with Crippen LogP contribution in [-0.4, -0.2) is 31.1 Å². The summed E-state index contributed by atoms with van der Waals surface area (Å²) in [6.07, 6.45) is 1.30. The van der Waals surface area contributed by atoms with Crippen molar-refractivity contribution in [3.8, 4) is 0 Å². The van der Waals surface area contributed by atoms with Gasteiger partial charge in [-0.15, -0.1) is 0 Å². The highest BCUT2D eigenvalue weighted by molar-refractivity contribution is 5.00. The SMILES string of the molecule is C=C(CN)CN1CCC(C)(C)C1. The minimum Gasteiger partial charge on any atom is -0.327 e. The third-order valence-electron chi connectivity index (χ3n) is 2.49. The van der Waals surface area contributed by atoms with E-state index < -0.39 is 0 Å². The van der Waals surface area contributed by atoms with E-state index >= 15 is 0 Å². The minimum atomic E-state index is 0.495. The van der Waals surface area contributed by atoms with Crippen LogP contribution in [0.25, 0.3) is 0 Å². The van der Waals surface area contributed by atoms with Crippen molar-refractivity contribution in [3.05, 3.63) is 12.2 Å². The maximum atomic E-state index is 5.49. The summed E-state index contributed by atoms with van der Waals surface area (Å²) in [5.74, 6) is 0. The third-order valence-corrected chi connectivity index (χ3v) is 2.49. The molecular weight excluding hydrogens is 148 g/mol. The molecule has 0 saturated carbocycles. The molecule has 70 valence electrons. The summed E-state index contributed by atoms with van der Waals surface area (Å²) in [6.45, 7) is 12.5. The Bertz CT molecular complexity index is 173. The molecule has 1 aliphatic rings. The standard InChI is InChI=1S/C10H20N2/c1-9(6-11)7-12-5-4-10(2,3)8-12/h1,4-8,11H2,2-3H3. The molecule has 0 atom stereocenters. The van der Waals surface area contributed by atoms with Crippen molar-refractivity contribution in [1.82, 2.24) is 4.90 Å². The van der Waals surface area contributed by atoms with Gasteiger partial charge in [0.15, 0.2) is 0 Å². The van der Waals surface area contributed by atoms with Gasteiger partial charge in [-0.1, -0.05) is 20.4 Å². The molecule has 0 amide bonds. The number of nitrogens with two attached hydrogens (primary N) is 1. The number of rotatable bonds is 3. The summed E-state index contributed by atoms with van der Waals surface area (Å²) in [4.78, 5) is 2.44. The molecule has 0 aromatic rings. The lowest BCUT2D eigenvalue weighted by molar-refractivity contribution is 0.309. The quantitative estimate of drug-likeness (QED) is 0.642. The molecule has 0 radical (unpaired) electrons. The summed E-state index contributed by atoms with van der Waals surface area (Å²) in [7, 11) is 0. The van der Waals surface area contributed by atoms with Gasteiger partial charge in [-0.25, -0.2) is 0 Å². The number of likely N-dealkylation sites (tertiary alicyclic amines) is 1. The van der Waals surface area contributed by atoms with Crippen molar-refractivity contribution < 1.29 is 0 Å². The van der Waals surface area contributed by atoms with Crippen molar-refractivity contribution in [2.24, 2.45) is 11.1 Å². The van der Waals surface area contributed by atoms with Crippen molar-refractivity contribution in [2.45, 2.75) is 20.3 Å². The lowest BCUT2D eigenvalue weighted by Gasteiger charge is -2.19. The highest BCUT2D eigenvalue weighted by atomic mass is 15.2. The summed E-state index contributed by atoms with van der Waals surface area (Å²) in [6, 6.07) is 0. The molecule has 2 N–H and O–H groups in total. The molecule has 1 heterocycles. The topological polar surface area (TPSA) is 29.3 Å². The maximum absolute atomic E-state index is 5.49. The molecule has 12 heavy (non-hydrogen) atoms. The van der Waals surface area contributed by atoms with Crippen LogP contribution in [0.2, 0.25) is 0 Å². The van der Waals surface area contributed by atoms with Crippen molar-refractivity contribution in [3.63, 3.8) is 0 Å². The van der Waals surface area contributed by atoms with Gasteiger partial charge in [-0.3, -0.25) is 4.90 Å². The van der Waals surface area contributed by atoms with E-state index in [-0.39, 0.29) is 0 Å². The highest BCUT2D eigenvalue weighted by Crippen LogP contribution is 2.28. The molecule has 0 aliphatic carbocycles. The molecule has 0 aromatic heterocycles. The summed E-state index contributed by atoms with van der Waals surface area (Å²) in [5, 5.41) is 0. The van der Waals surface area contributed by atoms with Crippen LogP contribution in [0.5, 0.6) is 0 Å². The molecule has 2 nitrogen and oxygen atoms in total. The number of nitrogens with zero attached hydrogens (tertiary/aromatic N) is 1. The normalized spacial score (nSPS) is 22.9. The van der Waals surface area contributed by atoms with Gasteiger partial charge in [-0.2, -0.15) is 0 Å². The average molecular weight is 168 g/mol. The number of hydrogen-bond acceptors (Lipinski definition) is 2. The largest absolute Gasteiger partial charge is 0.327 e. The molecule has 0 aromatic carbocycles. The van der Waals surface area contributed by atoms with E-state index in [2.05, 4.69) is 25.3 Å². The lowest BCUT2D eigenvalue weighted by Crippen LogP contribution is -2.27. The zero-order valence-electron chi connectivity index (χ0n) is 8.27. The first-order valence-corrected chi connectivity index (χ1v) is 4.62. The van der Waals surface area contributed by atoms with E-state index in [1.54, 1.807) is 0 Å². The Labute approximate surface area is 75.4 Å². The van der Waals surface area contributed by atoms with E-state index in [0.717, 1.165) is 12.1 Å². The zero-order chi connectivity index (χ0) is 9.19. The molecule has 1 fully saturated rings. The fourth-order valence-electron chi connectivity index (χ4n) is 1.74. The summed E-state index contributed by atoms with van der Waals surface area (Å²) < 4.78 is 0. The molecule has 0 spiro atoms. The first-order chi connectivity index (χ1) is 5.53. The van der Waals surface area contributed by atoms with Gasteiger partial charge < -0.3 is 5.73 Å². The molecular formula is C10H20N2. The summed E-state index contributed by atoms with van der Waals surface area (Å²) >= 11 is 0. The van der Waals surface area contributed by atoms with Gasteiger partial charge in [0.05, 0.1) is 0 Å². The Hall–Kier alpha value is -0.340. The molecule has 0 bridgehead atoms. The van der Waals surface area contributed by atoms with Crippen LogP contribution in [0.1, 0.15) is 20.3 Å². The van der Waals surface area contributed by atoms with Gasteiger partial charge >= 0.3 is 0 Å². The van der Waals surface area contributed by atoms with Gasteiger partial charge in [0.1, 0.15) is 0 Å². The Morgan fingerprint density at radius 1 is 1.58 bits per heavy atom. The Kier molecular flexibility index (Phi) is 2.91. The number of hydrogen-bond donors (Lipinski definition) is 1. The van der Waals surface area contributed by atoms with E-state index in [1.807, 2.05) is 0 Å². The predicted octanol–water partition coefficient (Wildman–Crippen LogP) is 1.23. The first-order valence-electron chi connectivity index (χ1n) is 4.62. The molecule has 1 saturated heterocycles. The molecule has 2 heteroatoms. The van der Waals surface area contributed by atoms with Crippen molar-refractivity contribution >= 4 is 0 Å². The molecule has 0 unspecified atom stereocenters. The van der Waals surface area contributed by atoms with E-state index in [4.69, 9.17) is 5.73 Å². The van der Waals surface area contributed by atoms with Gasteiger partial charge in [-0.05, 0) is 24.0 Å². The van der Waals surface area contributed by atoms with E-state index in [1.165, 1.54) is 19.5 Å². The average Bonchev–Trinajstić information content (AvgIpc) is 2.30. The second-order valence-corrected chi connectivity index (χ2v) is 4.58. The van der Waals surface area contributed by atoms with Crippen LogP contribution in [-0.2, 0) is 0 Å². The second kappa shape index (κ2) is 3.58. The van der Waals surface area contributed by atoms with Crippen molar-refractivity contribution in [2.75, 3.05) is 26.2 Å². The van der Waals surface area contributed by atoms with Crippen molar-refractivity contribution in [1.29, 1.82) is 0 Å². The van der Waals surface area contributed by atoms with Gasteiger partial charge in [0, 0.05) is 19.6 Å². The predicted molar refractivity (Wildman–Crippen MR) is 53.0 cm³/mol. The monoisotopic (exact) mass is 168 g/mol. The first kappa shape index (κ1) is 9.75. The zero-order valence-corrected chi connectivity index (χ0v) is 8.27.